The molecule has 0 saturated heterocycles. The topological polar surface area (TPSA) is 49.4 Å². The first-order valence-corrected chi connectivity index (χ1v) is 8.88. The number of hydrogen-bond donors (Lipinski definition) is 1. The Balaban J connectivity index is 2.06. The molecule has 0 aliphatic carbocycles. The minimum Gasteiger partial charge on any atom is -0.350 e. The van der Waals surface area contributed by atoms with E-state index in [9.17, 15) is 27.2 Å². The molecule has 29 heavy (non-hydrogen) atoms. The van der Waals surface area contributed by atoms with Crippen LogP contribution in [0.3, 0.4) is 0 Å². The van der Waals surface area contributed by atoms with Crippen LogP contribution in [0.5, 0.6) is 0 Å². The van der Waals surface area contributed by atoms with Gasteiger partial charge in [-0.1, -0.05) is 32.0 Å². The van der Waals surface area contributed by atoms with Gasteiger partial charge in [0, 0.05) is 12.2 Å². The fraction of sp³-hybridized carbons (Fsp3) is 0.238. The van der Waals surface area contributed by atoms with Crippen LogP contribution in [-0.4, -0.2) is 23.3 Å². The molecule has 4 nitrogen and oxygen atoms in total. The van der Waals surface area contributed by atoms with E-state index < -0.39 is 29.4 Å². The van der Waals surface area contributed by atoms with E-state index in [0.29, 0.717) is 5.56 Å². The molecule has 2 aromatic rings. The molecule has 0 spiro atoms. The van der Waals surface area contributed by atoms with Crippen LogP contribution in [0.15, 0.2) is 54.2 Å². The molecule has 0 bridgehead atoms. The second-order valence-electron chi connectivity index (χ2n) is 7.08. The van der Waals surface area contributed by atoms with Crippen molar-refractivity contribution >= 4 is 23.1 Å². The molecule has 8 heteroatoms. The number of nitrogens with zero attached hydrogens (tertiary/aromatic N) is 1. The quantitative estimate of drug-likeness (QED) is 0.579. The number of carbonyl (C=O) groups is 2. The Kier molecular flexibility index (Phi) is 5.46. The van der Waals surface area contributed by atoms with Gasteiger partial charge in [0.05, 0.1) is 11.1 Å². The number of hydrogen-bond acceptors (Lipinski definition) is 3. The van der Waals surface area contributed by atoms with Gasteiger partial charge in [-0.05, 0) is 41.8 Å². The lowest BCUT2D eigenvalue weighted by atomic mass is 10.0. The predicted molar refractivity (Wildman–Crippen MR) is 99.9 cm³/mol. The number of alkyl halides is 3. The van der Waals surface area contributed by atoms with Gasteiger partial charge in [-0.15, -0.1) is 0 Å². The van der Waals surface area contributed by atoms with E-state index in [1.54, 1.807) is 0 Å². The van der Waals surface area contributed by atoms with Gasteiger partial charge >= 0.3 is 6.18 Å². The summed E-state index contributed by atoms with van der Waals surface area (Å²) < 4.78 is 52.3. The maximum atomic E-state index is 13.3. The number of rotatable bonds is 5. The van der Waals surface area contributed by atoms with Gasteiger partial charge in [-0.2, -0.15) is 13.2 Å². The molecular formula is C21H18F4N2O2. The minimum atomic E-state index is -4.55. The summed E-state index contributed by atoms with van der Waals surface area (Å²) in [5.74, 6) is -1.74. The van der Waals surface area contributed by atoms with Crippen LogP contribution in [0.1, 0.15) is 25.0 Å². The van der Waals surface area contributed by atoms with Crippen molar-refractivity contribution in [1.82, 2.24) is 4.90 Å². The van der Waals surface area contributed by atoms with E-state index in [4.69, 9.17) is 0 Å². The third-order valence-corrected chi connectivity index (χ3v) is 4.31. The van der Waals surface area contributed by atoms with E-state index >= 15 is 0 Å². The summed E-state index contributed by atoms with van der Waals surface area (Å²) in [5.41, 5.74) is -0.718. The van der Waals surface area contributed by atoms with Gasteiger partial charge in [0.2, 0.25) is 0 Å². The Hall–Kier alpha value is -3.16. The van der Waals surface area contributed by atoms with Crippen molar-refractivity contribution in [3.63, 3.8) is 0 Å². The fourth-order valence-electron chi connectivity index (χ4n) is 3.02. The number of benzene rings is 2. The van der Waals surface area contributed by atoms with Gasteiger partial charge in [0.15, 0.2) is 0 Å². The lowest BCUT2D eigenvalue weighted by Crippen LogP contribution is -2.35. The summed E-state index contributed by atoms with van der Waals surface area (Å²) in [6.45, 7) is 3.81. The van der Waals surface area contributed by atoms with Gasteiger partial charge in [0.1, 0.15) is 11.5 Å². The molecule has 0 fully saturated rings. The first kappa shape index (κ1) is 20.6. The summed E-state index contributed by atoms with van der Waals surface area (Å²) in [6.07, 6.45) is -4.55. The lowest BCUT2D eigenvalue weighted by Gasteiger charge is -2.17. The van der Waals surface area contributed by atoms with Gasteiger partial charge in [-0.3, -0.25) is 14.5 Å². The molecule has 152 valence electrons. The molecule has 0 saturated carbocycles. The van der Waals surface area contributed by atoms with Crippen LogP contribution >= 0.6 is 0 Å². The molecule has 1 N–H and O–H groups in total. The SMILES string of the molecule is CC(C)CN1C(=O)C(Nc2cccc(C(F)(F)F)c2)=C(c2ccc(F)cc2)C1=O. The second-order valence-corrected chi connectivity index (χ2v) is 7.08. The lowest BCUT2D eigenvalue weighted by molar-refractivity contribution is -0.138. The van der Waals surface area contributed by atoms with Crippen LogP contribution < -0.4 is 5.32 Å². The molecular weight excluding hydrogens is 388 g/mol. The van der Waals surface area contributed by atoms with Crippen molar-refractivity contribution < 1.29 is 27.2 Å². The molecule has 3 rings (SSSR count). The van der Waals surface area contributed by atoms with E-state index in [1.807, 2.05) is 13.8 Å². The average molecular weight is 406 g/mol. The Morgan fingerprint density at radius 2 is 1.66 bits per heavy atom. The molecule has 0 aromatic heterocycles. The Morgan fingerprint density at radius 1 is 1.00 bits per heavy atom. The van der Waals surface area contributed by atoms with E-state index in [2.05, 4.69) is 5.32 Å². The number of halogens is 4. The smallest absolute Gasteiger partial charge is 0.350 e. The first-order chi connectivity index (χ1) is 13.6. The molecule has 1 aliphatic rings. The Bertz CT molecular complexity index is 979. The normalized spacial score (nSPS) is 14.9. The molecule has 0 atom stereocenters. The highest BCUT2D eigenvalue weighted by molar-refractivity contribution is 6.36. The van der Waals surface area contributed by atoms with Crippen molar-refractivity contribution in [2.45, 2.75) is 20.0 Å². The molecule has 1 heterocycles. The molecule has 1 aliphatic heterocycles. The zero-order valence-electron chi connectivity index (χ0n) is 15.7. The molecule has 0 unspecified atom stereocenters. The minimum absolute atomic E-state index is 0.00642. The highest BCUT2D eigenvalue weighted by Crippen LogP contribution is 2.34. The van der Waals surface area contributed by atoms with Crippen molar-refractivity contribution in [3.8, 4) is 0 Å². The van der Waals surface area contributed by atoms with Crippen LogP contribution in [-0.2, 0) is 15.8 Å². The standard InChI is InChI=1S/C21H18F4N2O2/c1-12(2)11-27-19(28)17(13-6-8-15(22)9-7-13)18(20(27)29)26-16-5-3-4-14(10-16)21(23,24)25/h3-10,12,26H,11H2,1-2H3. The van der Waals surface area contributed by atoms with Crippen LogP contribution in [0.2, 0.25) is 0 Å². The zero-order chi connectivity index (χ0) is 21.3. The zero-order valence-corrected chi connectivity index (χ0v) is 15.7. The van der Waals surface area contributed by atoms with Crippen LogP contribution in [0, 0.1) is 11.7 Å². The number of nitrogens with one attached hydrogen (secondary N) is 1. The summed E-state index contributed by atoms with van der Waals surface area (Å²) in [4.78, 5) is 26.8. The average Bonchev–Trinajstić information content (AvgIpc) is 2.86. The highest BCUT2D eigenvalue weighted by atomic mass is 19.4. The van der Waals surface area contributed by atoms with E-state index in [-0.39, 0.29) is 29.4 Å². The number of carbonyl (C=O) groups excluding carboxylic acids is 2. The highest BCUT2D eigenvalue weighted by Gasteiger charge is 2.39. The Morgan fingerprint density at radius 3 is 2.24 bits per heavy atom. The largest absolute Gasteiger partial charge is 0.416 e. The number of anilines is 1. The second kappa shape index (κ2) is 7.69. The third kappa shape index (κ3) is 4.31. The van der Waals surface area contributed by atoms with Crippen LogP contribution in [0.4, 0.5) is 23.2 Å². The third-order valence-electron chi connectivity index (χ3n) is 4.31. The predicted octanol–water partition coefficient (Wildman–Crippen LogP) is 4.69. The van der Waals surface area contributed by atoms with Crippen molar-refractivity contribution in [3.05, 3.63) is 71.2 Å². The summed E-state index contributed by atoms with van der Waals surface area (Å²) in [5, 5.41) is 2.67. The summed E-state index contributed by atoms with van der Waals surface area (Å²) >= 11 is 0. The van der Waals surface area contributed by atoms with Crippen LogP contribution in [0.25, 0.3) is 5.57 Å². The monoisotopic (exact) mass is 406 g/mol. The Labute approximate surface area is 164 Å². The van der Waals surface area contributed by atoms with Crippen molar-refractivity contribution in [2.24, 2.45) is 5.92 Å². The maximum Gasteiger partial charge on any atom is 0.416 e. The van der Waals surface area contributed by atoms with E-state index in [1.165, 1.54) is 24.3 Å². The maximum absolute atomic E-state index is 13.3. The molecule has 2 aromatic carbocycles. The number of imide groups is 1. The number of amides is 2. The van der Waals surface area contributed by atoms with Gasteiger partial charge in [-0.25, -0.2) is 4.39 Å². The first-order valence-electron chi connectivity index (χ1n) is 8.88. The summed E-state index contributed by atoms with van der Waals surface area (Å²) in [7, 11) is 0. The molecule has 0 radical (unpaired) electrons. The van der Waals surface area contributed by atoms with Gasteiger partial charge < -0.3 is 5.32 Å². The molecule has 2 amide bonds. The van der Waals surface area contributed by atoms with Crippen molar-refractivity contribution in [2.75, 3.05) is 11.9 Å². The fourth-order valence-corrected chi connectivity index (χ4v) is 3.02. The summed E-state index contributed by atoms with van der Waals surface area (Å²) in [6, 6.07) is 9.33. The van der Waals surface area contributed by atoms with E-state index in [0.717, 1.165) is 29.2 Å². The van der Waals surface area contributed by atoms with Crippen molar-refractivity contribution in [1.29, 1.82) is 0 Å². The van der Waals surface area contributed by atoms with Gasteiger partial charge in [0.25, 0.3) is 11.8 Å².